The van der Waals surface area contributed by atoms with E-state index >= 15 is 0 Å². The Morgan fingerprint density at radius 3 is 2.02 bits per heavy atom. The first-order valence-corrected chi connectivity index (χ1v) is 16.5. The van der Waals surface area contributed by atoms with Gasteiger partial charge in [0, 0.05) is 38.6 Å². The summed E-state index contributed by atoms with van der Waals surface area (Å²) >= 11 is 0. The average Bonchev–Trinajstić information content (AvgIpc) is 2.96. The van der Waals surface area contributed by atoms with Crippen molar-refractivity contribution < 1.29 is 23.1 Å². The molecular formula is C34H47N5O5S. The molecular weight excluding hydrogens is 590 g/mol. The van der Waals surface area contributed by atoms with Crippen LogP contribution in [0.4, 0.5) is 11.4 Å². The number of aryl methyl sites for hydroxylation is 2. The number of amides is 2. The van der Waals surface area contributed by atoms with Gasteiger partial charge in [-0.15, -0.1) is 0 Å². The third kappa shape index (κ3) is 10.0. The van der Waals surface area contributed by atoms with Crippen LogP contribution in [0, 0.1) is 19.8 Å². The van der Waals surface area contributed by atoms with Gasteiger partial charge >= 0.3 is 0 Å². The van der Waals surface area contributed by atoms with E-state index in [0.29, 0.717) is 5.69 Å². The summed E-state index contributed by atoms with van der Waals surface area (Å²) in [5.41, 5.74) is 9.73. The third-order valence-electron chi connectivity index (χ3n) is 7.50. The summed E-state index contributed by atoms with van der Waals surface area (Å²) < 4.78 is 28.6. The van der Waals surface area contributed by atoms with E-state index in [2.05, 4.69) is 5.32 Å². The number of nitrogens with two attached hydrogens (primary N) is 1. The molecule has 244 valence electrons. The van der Waals surface area contributed by atoms with Gasteiger partial charge in [-0.3, -0.25) is 9.59 Å². The van der Waals surface area contributed by atoms with Crippen molar-refractivity contribution in [2.45, 2.75) is 51.2 Å². The highest BCUT2D eigenvalue weighted by Crippen LogP contribution is 2.25. The van der Waals surface area contributed by atoms with Crippen molar-refractivity contribution in [2.75, 3.05) is 50.9 Å². The maximum Gasteiger partial charge on any atom is 0.243 e. The van der Waals surface area contributed by atoms with Gasteiger partial charge in [-0.1, -0.05) is 62.4 Å². The third-order valence-corrected chi connectivity index (χ3v) is 9.35. The smallest absolute Gasteiger partial charge is 0.243 e. The van der Waals surface area contributed by atoms with Gasteiger partial charge in [0.25, 0.3) is 0 Å². The molecule has 4 N–H and O–H groups in total. The lowest BCUT2D eigenvalue weighted by Crippen LogP contribution is -2.53. The van der Waals surface area contributed by atoms with Gasteiger partial charge in [0.15, 0.2) is 0 Å². The lowest BCUT2D eigenvalue weighted by atomic mass is 10.0. The molecule has 0 bridgehead atoms. The molecule has 0 saturated heterocycles. The van der Waals surface area contributed by atoms with E-state index in [0.717, 1.165) is 22.4 Å². The second-order valence-corrected chi connectivity index (χ2v) is 14.0. The molecule has 2 atom stereocenters. The largest absolute Gasteiger partial charge is 0.399 e. The first-order valence-electron chi connectivity index (χ1n) is 15.1. The molecule has 3 aromatic carbocycles. The predicted octanol–water partition coefficient (Wildman–Crippen LogP) is 3.22. The number of nitrogens with zero attached hydrogens (tertiary/aromatic N) is 3. The number of aliphatic hydroxyl groups is 1. The van der Waals surface area contributed by atoms with E-state index in [9.17, 15) is 23.1 Å². The minimum absolute atomic E-state index is 0.0139. The number of carbonyl (C=O) groups excluding carboxylic acids is 2. The minimum Gasteiger partial charge on any atom is -0.399 e. The predicted molar refractivity (Wildman–Crippen MR) is 179 cm³/mol. The molecule has 0 saturated carbocycles. The van der Waals surface area contributed by atoms with E-state index in [1.54, 1.807) is 19.0 Å². The van der Waals surface area contributed by atoms with Crippen LogP contribution in [0.1, 0.15) is 30.5 Å². The zero-order chi connectivity index (χ0) is 33.3. The van der Waals surface area contributed by atoms with E-state index in [1.807, 2.05) is 76.2 Å². The molecule has 0 aliphatic heterocycles. The van der Waals surface area contributed by atoms with Gasteiger partial charge in [0.2, 0.25) is 21.8 Å². The van der Waals surface area contributed by atoms with Gasteiger partial charge in [0.1, 0.15) is 0 Å². The van der Waals surface area contributed by atoms with Gasteiger partial charge < -0.3 is 26.0 Å². The number of carbonyl (C=O) groups is 2. The average molecular weight is 638 g/mol. The molecule has 0 heterocycles. The Kier molecular flexibility index (Phi) is 12.5. The molecule has 3 aromatic rings. The number of rotatable bonds is 15. The summed E-state index contributed by atoms with van der Waals surface area (Å²) in [5.74, 6) is -0.590. The highest BCUT2D eigenvalue weighted by molar-refractivity contribution is 7.89. The number of likely N-dealkylation sites (N-methyl/N-ethyl adjacent to an activating group) is 1. The fourth-order valence-electron chi connectivity index (χ4n) is 5.20. The Hall–Kier alpha value is -3.93. The number of sulfonamides is 1. The molecule has 11 heteroatoms. The monoisotopic (exact) mass is 637 g/mol. The van der Waals surface area contributed by atoms with Crippen LogP contribution in [0.25, 0.3) is 0 Å². The number of para-hydroxylation sites is 1. The van der Waals surface area contributed by atoms with Crippen LogP contribution >= 0.6 is 0 Å². The molecule has 3 rings (SSSR count). The lowest BCUT2D eigenvalue weighted by Gasteiger charge is -2.32. The first kappa shape index (κ1) is 35.5. The molecule has 0 unspecified atom stereocenters. The van der Waals surface area contributed by atoms with Crippen LogP contribution in [0.15, 0.2) is 77.7 Å². The second kappa shape index (κ2) is 15.9. The molecule has 2 amide bonds. The van der Waals surface area contributed by atoms with Gasteiger partial charge in [-0.25, -0.2) is 8.42 Å². The summed E-state index contributed by atoms with van der Waals surface area (Å²) in [6.07, 6.45) is -0.973. The number of nitrogen functional groups attached to an aromatic ring is 1. The van der Waals surface area contributed by atoms with Crippen molar-refractivity contribution in [3.05, 3.63) is 89.5 Å². The minimum atomic E-state index is -3.97. The quantitative estimate of drug-likeness (QED) is 0.218. The van der Waals surface area contributed by atoms with Crippen LogP contribution in [0.3, 0.4) is 0 Å². The molecule has 0 aromatic heterocycles. The van der Waals surface area contributed by atoms with Crippen LogP contribution in [-0.2, 0) is 26.0 Å². The number of nitrogens with one attached hydrogen (secondary N) is 1. The summed E-state index contributed by atoms with van der Waals surface area (Å²) in [4.78, 5) is 29.8. The Morgan fingerprint density at radius 1 is 0.867 bits per heavy atom. The van der Waals surface area contributed by atoms with Gasteiger partial charge in [-0.2, -0.15) is 4.31 Å². The molecule has 10 nitrogen and oxygen atoms in total. The molecule has 0 radical (unpaired) electrons. The van der Waals surface area contributed by atoms with Crippen molar-refractivity contribution >= 4 is 33.2 Å². The number of anilines is 2. The number of hydrogen-bond donors (Lipinski definition) is 3. The van der Waals surface area contributed by atoms with Crippen LogP contribution in [-0.4, -0.2) is 87.0 Å². The van der Waals surface area contributed by atoms with Crippen LogP contribution in [0.5, 0.6) is 0 Å². The highest BCUT2D eigenvalue weighted by Gasteiger charge is 2.32. The van der Waals surface area contributed by atoms with Crippen LogP contribution < -0.4 is 16.0 Å². The SMILES string of the molecule is Cc1cccc(C)c1N(CC(=O)N[C@@H](Cc1ccccc1)[C@H](O)CN(CC(C)C)S(=O)(=O)c1ccc(N)cc1)CC(=O)N(C)C. The molecule has 0 aliphatic rings. The van der Waals surface area contributed by atoms with E-state index in [1.165, 1.54) is 33.5 Å². The summed E-state index contributed by atoms with van der Waals surface area (Å²) in [7, 11) is -0.643. The number of aliphatic hydroxyl groups excluding tert-OH is 1. The molecule has 45 heavy (non-hydrogen) atoms. The summed E-state index contributed by atoms with van der Waals surface area (Å²) in [5, 5.41) is 14.6. The van der Waals surface area contributed by atoms with Gasteiger partial charge in [-0.05, 0) is 67.1 Å². The number of benzene rings is 3. The van der Waals surface area contributed by atoms with E-state index in [-0.39, 0.29) is 49.3 Å². The number of hydrogen-bond acceptors (Lipinski definition) is 7. The molecule has 0 fully saturated rings. The second-order valence-electron chi connectivity index (χ2n) is 12.1. The zero-order valence-electron chi connectivity index (χ0n) is 27.1. The Labute approximate surface area is 267 Å². The first-order chi connectivity index (χ1) is 21.2. The Morgan fingerprint density at radius 2 is 1.47 bits per heavy atom. The zero-order valence-corrected chi connectivity index (χ0v) is 27.9. The van der Waals surface area contributed by atoms with Crippen molar-refractivity contribution in [3.8, 4) is 0 Å². The fraction of sp³-hybridized carbons (Fsp3) is 0.412. The lowest BCUT2D eigenvalue weighted by molar-refractivity contribution is -0.127. The van der Waals surface area contributed by atoms with Crippen molar-refractivity contribution in [3.63, 3.8) is 0 Å². The van der Waals surface area contributed by atoms with Crippen LogP contribution in [0.2, 0.25) is 0 Å². The fourth-order valence-corrected chi connectivity index (χ4v) is 6.82. The normalized spacial score (nSPS) is 13.0. The van der Waals surface area contributed by atoms with Crippen molar-refractivity contribution in [1.82, 2.24) is 14.5 Å². The maximum absolute atomic E-state index is 13.7. The Bertz CT molecular complexity index is 1510. The molecule has 0 spiro atoms. The summed E-state index contributed by atoms with van der Waals surface area (Å²) in [6, 6.07) is 20.3. The van der Waals surface area contributed by atoms with Crippen molar-refractivity contribution in [2.24, 2.45) is 5.92 Å². The van der Waals surface area contributed by atoms with E-state index < -0.39 is 28.1 Å². The highest BCUT2D eigenvalue weighted by atomic mass is 32.2. The van der Waals surface area contributed by atoms with Gasteiger partial charge in [0.05, 0.1) is 30.1 Å². The summed E-state index contributed by atoms with van der Waals surface area (Å²) in [6.45, 7) is 7.45. The van der Waals surface area contributed by atoms with Crippen molar-refractivity contribution in [1.29, 1.82) is 0 Å². The van der Waals surface area contributed by atoms with E-state index in [4.69, 9.17) is 5.73 Å². The Balaban J connectivity index is 1.91. The topological polar surface area (TPSA) is 136 Å². The maximum atomic E-state index is 13.7. The molecule has 0 aliphatic carbocycles. The standard InChI is InChI=1S/C34H47N5O5S/c1-24(2)20-39(45(43,44)29-17-15-28(35)16-18-29)21-31(40)30(19-27-13-8-7-9-14-27)36-32(41)22-38(23-33(42)37(5)6)34-25(3)11-10-12-26(34)4/h7-18,24,30-31,40H,19-23,35H2,1-6H3,(H,36,41)/t30-,31+/m0/s1.